The standard InChI is InChI=1S/C12H12N4O3S/c1-19-7-3-2-4-8-9(7)15-12(20-8)16-10(17)6-5-13-11(18)14-6/h2-4,6H,5H2,1H3,(H2,13,14,18)(H,15,16,17). The van der Waals surface area contributed by atoms with Crippen LogP contribution in [0.2, 0.25) is 0 Å². The number of nitrogens with zero attached hydrogens (tertiary/aromatic N) is 1. The Morgan fingerprint density at radius 1 is 1.55 bits per heavy atom. The van der Waals surface area contributed by atoms with Crippen molar-refractivity contribution in [1.82, 2.24) is 15.6 Å². The molecular formula is C12H12N4O3S. The third-order valence-corrected chi connectivity index (χ3v) is 3.86. The lowest BCUT2D eigenvalue weighted by Crippen LogP contribution is -2.38. The average Bonchev–Trinajstić information content (AvgIpc) is 3.03. The summed E-state index contributed by atoms with van der Waals surface area (Å²) < 4.78 is 6.15. The summed E-state index contributed by atoms with van der Waals surface area (Å²) in [5.41, 5.74) is 0.712. The number of thiazole rings is 1. The second-order valence-corrected chi connectivity index (χ2v) is 5.25. The number of nitrogens with one attached hydrogen (secondary N) is 3. The Morgan fingerprint density at radius 2 is 2.40 bits per heavy atom. The van der Waals surface area contributed by atoms with Crippen molar-refractivity contribution in [3.63, 3.8) is 0 Å². The van der Waals surface area contributed by atoms with Crippen LogP contribution in [0, 0.1) is 0 Å². The molecular weight excluding hydrogens is 280 g/mol. The maximum Gasteiger partial charge on any atom is 0.315 e. The molecule has 1 fully saturated rings. The van der Waals surface area contributed by atoms with Crippen LogP contribution < -0.4 is 20.7 Å². The predicted octanol–water partition coefficient (Wildman–Crippen LogP) is 0.925. The van der Waals surface area contributed by atoms with Crippen LogP contribution in [0.3, 0.4) is 0 Å². The van der Waals surface area contributed by atoms with Crippen LogP contribution in [-0.2, 0) is 4.79 Å². The number of hydrogen-bond donors (Lipinski definition) is 3. The first-order chi connectivity index (χ1) is 9.67. The largest absolute Gasteiger partial charge is 0.494 e. The monoisotopic (exact) mass is 292 g/mol. The van der Waals surface area contributed by atoms with Gasteiger partial charge in [0, 0.05) is 6.54 Å². The van der Waals surface area contributed by atoms with Gasteiger partial charge in [-0.1, -0.05) is 17.4 Å². The van der Waals surface area contributed by atoms with Crippen molar-refractivity contribution in [3.8, 4) is 5.75 Å². The van der Waals surface area contributed by atoms with Crippen molar-refractivity contribution in [2.45, 2.75) is 6.04 Å². The first kappa shape index (κ1) is 12.7. The van der Waals surface area contributed by atoms with Crippen molar-refractivity contribution in [2.75, 3.05) is 19.0 Å². The second kappa shape index (κ2) is 4.97. The Balaban J connectivity index is 1.81. The van der Waals surface area contributed by atoms with Gasteiger partial charge >= 0.3 is 6.03 Å². The molecule has 1 aromatic carbocycles. The van der Waals surface area contributed by atoms with Crippen molar-refractivity contribution in [2.24, 2.45) is 0 Å². The van der Waals surface area contributed by atoms with Gasteiger partial charge in [-0.3, -0.25) is 4.79 Å². The summed E-state index contributed by atoms with van der Waals surface area (Å²) in [6, 6.07) is 4.68. The van der Waals surface area contributed by atoms with E-state index in [1.54, 1.807) is 7.11 Å². The van der Waals surface area contributed by atoms with Crippen LogP contribution in [0.5, 0.6) is 5.75 Å². The molecule has 0 radical (unpaired) electrons. The number of anilines is 1. The fourth-order valence-corrected chi connectivity index (χ4v) is 2.83. The molecule has 8 heteroatoms. The van der Waals surface area contributed by atoms with Crippen molar-refractivity contribution >= 4 is 38.6 Å². The van der Waals surface area contributed by atoms with E-state index in [0.29, 0.717) is 16.4 Å². The summed E-state index contributed by atoms with van der Waals surface area (Å²) in [6.07, 6.45) is 0. The van der Waals surface area contributed by atoms with E-state index >= 15 is 0 Å². The summed E-state index contributed by atoms with van der Waals surface area (Å²) >= 11 is 1.36. The number of rotatable bonds is 3. The molecule has 3 rings (SSSR count). The zero-order valence-electron chi connectivity index (χ0n) is 10.6. The van der Waals surface area contributed by atoms with Crippen LogP contribution in [-0.4, -0.2) is 36.6 Å². The number of carbonyl (C=O) groups is 2. The van der Waals surface area contributed by atoms with Crippen molar-refractivity contribution in [1.29, 1.82) is 0 Å². The molecule has 2 heterocycles. The van der Waals surface area contributed by atoms with E-state index in [2.05, 4.69) is 20.9 Å². The molecule has 1 aliphatic rings. The van der Waals surface area contributed by atoms with E-state index in [1.807, 2.05) is 18.2 Å². The van der Waals surface area contributed by atoms with Crippen molar-refractivity contribution in [3.05, 3.63) is 18.2 Å². The molecule has 0 aliphatic carbocycles. The van der Waals surface area contributed by atoms with Crippen LogP contribution in [0.1, 0.15) is 0 Å². The van der Waals surface area contributed by atoms with Gasteiger partial charge in [-0.2, -0.15) is 0 Å². The smallest absolute Gasteiger partial charge is 0.315 e. The second-order valence-electron chi connectivity index (χ2n) is 4.22. The summed E-state index contributed by atoms with van der Waals surface area (Å²) in [5.74, 6) is 0.372. The number of methoxy groups -OCH3 is 1. The van der Waals surface area contributed by atoms with Gasteiger partial charge in [0.25, 0.3) is 5.91 Å². The van der Waals surface area contributed by atoms with Gasteiger partial charge in [-0.05, 0) is 12.1 Å². The fraction of sp³-hybridized carbons (Fsp3) is 0.250. The van der Waals surface area contributed by atoms with E-state index in [9.17, 15) is 9.59 Å². The Hall–Kier alpha value is -2.35. The van der Waals surface area contributed by atoms with Gasteiger partial charge in [0.1, 0.15) is 17.3 Å². The topological polar surface area (TPSA) is 92.4 Å². The predicted molar refractivity (Wildman–Crippen MR) is 75.1 cm³/mol. The maximum atomic E-state index is 12.0. The molecule has 1 aromatic heterocycles. The van der Waals surface area contributed by atoms with E-state index in [0.717, 1.165) is 4.70 Å². The normalized spacial score (nSPS) is 17.6. The molecule has 3 amide bonds. The summed E-state index contributed by atoms with van der Waals surface area (Å²) in [4.78, 5) is 27.3. The van der Waals surface area contributed by atoms with Crippen LogP contribution >= 0.6 is 11.3 Å². The molecule has 1 unspecified atom stereocenters. The maximum absolute atomic E-state index is 12.0. The molecule has 7 nitrogen and oxygen atoms in total. The van der Waals surface area contributed by atoms with Crippen molar-refractivity contribution < 1.29 is 14.3 Å². The van der Waals surface area contributed by atoms with Gasteiger partial charge in [0.05, 0.1) is 11.8 Å². The van der Waals surface area contributed by atoms with Crippen LogP contribution in [0.4, 0.5) is 9.93 Å². The van der Waals surface area contributed by atoms with Gasteiger partial charge in [0.2, 0.25) is 0 Å². The molecule has 1 aliphatic heterocycles. The zero-order chi connectivity index (χ0) is 14.1. The van der Waals surface area contributed by atoms with Crippen LogP contribution in [0.15, 0.2) is 18.2 Å². The average molecular weight is 292 g/mol. The number of hydrogen-bond acceptors (Lipinski definition) is 5. The molecule has 1 saturated heterocycles. The molecule has 104 valence electrons. The van der Waals surface area contributed by atoms with Gasteiger partial charge in [-0.15, -0.1) is 0 Å². The molecule has 3 N–H and O–H groups in total. The highest BCUT2D eigenvalue weighted by Gasteiger charge is 2.27. The minimum Gasteiger partial charge on any atom is -0.494 e. The van der Waals surface area contributed by atoms with Gasteiger partial charge in [0.15, 0.2) is 5.13 Å². The minimum atomic E-state index is -0.573. The molecule has 0 saturated carbocycles. The molecule has 2 aromatic rings. The third-order valence-electron chi connectivity index (χ3n) is 2.92. The van der Waals surface area contributed by atoms with E-state index in [-0.39, 0.29) is 18.5 Å². The number of para-hydroxylation sites is 1. The number of amides is 3. The quantitative estimate of drug-likeness (QED) is 0.784. The lowest BCUT2D eigenvalue weighted by atomic mass is 10.3. The molecule has 0 bridgehead atoms. The lowest BCUT2D eigenvalue weighted by Gasteiger charge is -2.06. The first-order valence-electron chi connectivity index (χ1n) is 5.96. The number of aromatic nitrogens is 1. The number of carbonyl (C=O) groups excluding carboxylic acids is 2. The van der Waals surface area contributed by atoms with Crippen LogP contribution in [0.25, 0.3) is 10.2 Å². The fourth-order valence-electron chi connectivity index (χ4n) is 1.95. The van der Waals surface area contributed by atoms with Gasteiger partial charge < -0.3 is 20.7 Å². The molecule has 0 spiro atoms. The number of ether oxygens (including phenoxy) is 1. The summed E-state index contributed by atoms with van der Waals surface area (Å²) in [5, 5.41) is 8.24. The Bertz CT molecular complexity index is 684. The van der Waals surface area contributed by atoms with E-state index in [4.69, 9.17) is 4.74 Å². The SMILES string of the molecule is COc1cccc2sc(NC(=O)C3CNC(=O)N3)nc12. The third kappa shape index (κ3) is 2.25. The molecule has 1 atom stereocenters. The Labute approximate surface area is 118 Å². The highest BCUT2D eigenvalue weighted by atomic mass is 32.1. The lowest BCUT2D eigenvalue weighted by molar-refractivity contribution is -0.117. The molecule has 20 heavy (non-hydrogen) atoms. The number of benzene rings is 1. The minimum absolute atomic E-state index is 0.277. The number of urea groups is 1. The first-order valence-corrected chi connectivity index (χ1v) is 6.78. The zero-order valence-corrected chi connectivity index (χ0v) is 11.4. The Morgan fingerprint density at radius 3 is 3.10 bits per heavy atom. The van der Waals surface area contributed by atoms with E-state index in [1.165, 1.54) is 11.3 Å². The highest BCUT2D eigenvalue weighted by molar-refractivity contribution is 7.22. The van der Waals surface area contributed by atoms with E-state index < -0.39 is 6.04 Å². The Kier molecular flexibility index (Phi) is 3.15. The highest BCUT2D eigenvalue weighted by Crippen LogP contribution is 2.32. The summed E-state index contributed by atoms with van der Waals surface area (Å²) in [7, 11) is 1.58. The van der Waals surface area contributed by atoms with Gasteiger partial charge in [-0.25, -0.2) is 9.78 Å². The number of fused-ring (bicyclic) bond motifs is 1. The summed E-state index contributed by atoms with van der Waals surface area (Å²) in [6.45, 7) is 0.277.